The van der Waals surface area contributed by atoms with E-state index in [4.69, 9.17) is 9.84 Å². The van der Waals surface area contributed by atoms with Crippen molar-refractivity contribution in [2.24, 2.45) is 5.41 Å². The van der Waals surface area contributed by atoms with E-state index in [1.54, 1.807) is 0 Å². The van der Waals surface area contributed by atoms with Gasteiger partial charge in [-0.05, 0) is 41.5 Å². The average Bonchev–Trinajstić information content (AvgIpc) is 2.91. The summed E-state index contributed by atoms with van der Waals surface area (Å²) in [6.07, 6.45) is 1.72. The molecule has 0 spiro atoms. The van der Waals surface area contributed by atoms with E-state index in [-0.39, 0.29) is 18.1 Å². The van der Waals surface area contributed by atoms with E-state index in [9.17, 15) is 4.79 Å². The number of amides is 2. The topological polar surface area (TPSA) is 70.6 Å². The molecular weight excluding hydrogens is 268 g/mol. The molecule has 21 heavy (non-hydrogen) atoms. The number of carbonyl (C=O) groups is 1. The van der Waals surface area contributed by atoms with Crippen molar-refractivity contribution in [2.45, 2.75) is 39.9 Å². The van der Waals surface area contributed by atoms with Crippen LogP contribution >= 0.6 is 0 Å². The maximum atomic E-state index is 11.8. The summed E-state index contributed by atoms with van der Waals surface area (Å²) in [5.74, 6) is 0. The number of carbonyl (C=O) groups excluding carboxylic acids is 1. The molecule has 1 aromatic carbocycles. The average molecular weight is 292 g/mol. The lowest BCUT2D eigenvalue weighted by Crippen LogP contribution is -2.30. The minimum Gasteiger partial charge on any atom is -0.396 e. The second-order valence-corrected chi connectivity index (χ2v) is 6.28. The zero-order valence-electron chi connectivity index (χ0n) is 12.7. The smallest absolute Gasteiger partial charge is 0.319 e. The van der Waals surface area contributed by atoms with Crippen molar-refractivity contribution in [3.05, 3.63) is 29.3 Å². The number of hydrogen-bond acceptors (Lipinski definition) is 3. The minimum atomic E-state index is -0.198. The highest BCUT2D eigenvalue weighted by Crippen LogP contribution is 2.23. The summed E-state index contributed by atoms with van der Waals surface area (Å²) in [7, 11) is 0. The van der Waals surface area contributed by atoms with Gasteiger partial charge in [0.15, 0.2) is 0 Å². The number of anilines is 1. The van der Waals surface area contributed by atoms with Gasteiger partial charge in [0.2, 0.25) is 0 Å². The van der Waals surface area contributed by atoms with Gasteiger partial charge in [0, 0.05) is 18.8 Å². The fraction of sp³-hybridized carbons (Fsp3) is 0.562. The third-order valence-corrected chi connectivity index (χ3v) is 3.72. The van der Waals surface area contributed by atoms with Gasteiger partial charge in [0.1, 0.15) is 0 Å². The third kappa shape index (κ3) is 4.72. The van der Waals surface area contributed by atoms with Crippen LogP contribution in [-0.2, 0) is 18.0 Å². The molecule has 0 saturated heterocycles. The monoisotopic (exact) mass is 292 g/mol. The van der Waals surface area contributed by atoms with Gasteiger partial charge in [-0.2, -0.15) is 0 Å². The highest BCUT2D eigenvalue weighted by Gasteiger charge is 2.16. The number of aliphatic hydroxyl groups is 1. The van der Waals surface area contributed by atoms with Crippen LogP contribution in [-0.4, -0.2) is 24.3 Å². The van der Waals surface area contributed by atoms with Crippen molar-refractivity contribution >= 4 is 11.7 Å². The molecule has 0 bridgehead atoms. The third-order valence-electron chi connectivity index (χ3n) is 3.72. The highest BCUT2D eigenvalue weighted by molar-refractivity contribution is 5.89. The highest BCUT2D eigenvalue weighted by atomic mass is 16.5. The van der Waals surface area contributed by atoms with Crippen molar-refractivity contribution < 1.29 is 14.6 Å². The summed E-state index contributed by atoms with van der Waals surface area (Å²) in [5, 5.41) is 14.8. The SMILES string of the molecule is CC(C)(CO)CCCNC(=O)Nc1ccc2c(c1)COC2. The summed E-state index contributed by atoms with van der Waals surface area (Å²) < 4.78 is 5.35. The van der Waals surface area contributed by atoms with E-state index in [2.05, 4.69) is 10.6 Å². The van der Waals surface area contributed by atoms with Crippen LogP contribution in [0.5, 0.6) is 0 Å². The van der Waals surface area contributed by atoms with E-state index < -0.39 is 0 Å². The number of ether oxygens (including phenoxy) is 1. The Hall–Kier alpha value is -1.59. The Morgan fingerprint density at radius 3 is 2.86 bits per heavy atom. The van der Waals surface area contributed by atoms with Crippen molar-refractivity contribution in [3.8, 4) is 0 Å². The fourth-order valence-corrected chi connectivity index (χ4v) is 2.27. The van der Waals surface area contributed by atoms with E-state index in [0.29, 0.717) is 19.8 Å². The molecule has 0 aliphatic carbocycles. The van der Waals surface area contributed by atoms with Crippen LogP contribution in [0.2, 0.25) is 0 Å². The van der Waals surface area contributed by atoms with Crippen LogP contribution in [0.1, 0.15) is 37.8 Å². The Bertz CT molecular complexity index is 500. The Labute approximate surface area is 125 Å². The summed E-state index contributed by atoms with van der Waals surface area (Å²) in [4.78, 5) is 11.8. The van der Waals surface area contributed by atoms with Crippen LogP contribution < -0.4 is 10.6 Å². The molecule has 116 valence electrons. The van der Waals surface area contributed by atoms with Gasteiger partial charge >= 0.3 is 6.03 Å². The van der Waals surface area contributed by atoms with E-state index >= 15 is 0 Å². The number of aliphatic hydroxyl groups excluding tert-OH is 1. The molecule has 0 fully saturated rings. The predicted octanol–water partition coefficient (Wildman–Crippen LogP) is 2.64. The second-order valence-electron chi connectivity index (χ2n) is 6.28. The maximum absolute atomic E-state index is 11.8. The summed E-state index contributed by atoms with van der Waals surface area (Å²) in [5.41, 5.74) is 3.02. The van der Waals surface area contributed by atoms with Crippen LogP contribution in [0.4, 0.5) is 10.5 Å². The first-order valence-corrected chi connectivity index (χ1v) is 7.35. The standard InChI is InChI=1S/C16H24N2O3/c1-16(2,11-19)6-3-7-17-15(20)18-14-5-4-12-9-21-10-13(12)8-14/h4-5,8,19H,3,6-7,9-11H2,1-2H3,(H2,17,18,20). The molecular formula is C16H24N2O3. The number of benzene rings is 1. The summed E-state index contributed by atoms with van der Waals surface area (Å²) in [6.45, 7) is 6.06. The van der Waals surface area contributed by atoms with Crippen molar-refractivity contribution in [1.82, 2.24) is 5.32 Å². The Balaban J connectivity index is 1.72. The molecule has 0 saturated carbocycles. The van der Waals surface area contributed by atoms with Crippen molar-refractivity contribution in [1.29, 1.82) is 0 Å². The molecule has 1 aliphatic heterocycles. The van der Waals surface area contributed by atoms with Gasteiger partial charge < -0.3 is 20.5 Å². The van der Waals surface area contributed by atoms with Gasteiger partial charge in [0.05, 0.1) is 13.2 Å². The van der Waals surface area contributed by atoms with Crippen molar-refractivity contribution in [3.63, 3.8) is 0 Å². The number of fused-ring (bicyclic) bond motifs is 1. The first kappa shape index (κ1) is 15.8. The molecule has 1 aromatic rings. The Morgan fingerprint density at radius 1 is 1.33 bits per heavy atom. The van der Waals surface area contributed by atoms with Crippen LogP contribution in [0.3, 0.4) is 0 Å². The molecule has 1 heterocycles. The van der Waals surface area contributed by atoms with Crippen LogP contribution in [0.15, 0.2) is 18.2 Å². The lowest BCUT2D eigenvalue weighted by molar-refractivity contribution is 0.134. The normalized spacial score (nSPS) is 13.9. The summed E-state index contributed by atoms with van der Waals surface area (Å²) in [6, 6.07) is 5.64. The number of rotatable bonds is 6. The molecule has 0 aromatic heterocycles. The van der Waals surface area contributed by atoms with Crippen LogP contribution in [0, 0.1) is 5.41 Å². The first-order valence-electron chi connectivity index (χ1n) is 7.35. The van der Waals surface area contributed by atoms with Crippen LogP contribution in [0.25, 0.3) is 0 Å². The first-order chi connectivity index (χ1) is 10.00. The van der Waals surface area contributed by atoms with Gasteiger partial charge in [0.25, 0.3) is 0 Å². The fourth-order valence-electron chi connectivity index (χ4n) is 2.27. The number of urea groups is 1. The van der Waals surface area contributed by atoms with E-state index in [1.165, 1.54) is 5.56 Å². The molecule has 2 amide bonds. The van der Waals surface area contributed by atoms with Crippen molar-refractivity contribution in [2.75, 3.05) is 18.5 Å². The molecule has 3 N–H and O–H groups in total. The molecule has 1 aliphatic rings. The van der Waals surface area contributed by atoms with Gasteiger partial charge in [-0.15, -0.1) is 0 Å². The Kier molecular flexibility index (Phi) is 5.20. The summed E-state index contributed by atoms with van der Waals surface area (Å²) >= 11 is 0. The zero-order chi connectivity index (χ0) is 15.3. The molecule has 5 heteroatoms. The lowest BCUT2D eigenvalue weighted by atomic mass is 9.89. The molecule has 2 rings (SSSR count). The quantitative estimate of drug-likeness (QED) is 0.706. The van der Waals surface area contributed by atoms with E-state index in [1.807, 2.05) is 32.0 Å². The minimum absolute atomic E-state index is 0.0852. The predicted molar refractivity (Wildman–Crippen MR) is 82.1 cm³/mol. The van der Waals surface area contributed by atoms with Gasteiger partial charge in [-0.25, -0.2) is 4.79 Å². The second kappa shape index (κ2) is 6.91. The largest absolute Gasteiger partial charge is 0.396 e. The molecule has 5 nitrogen and oxygen atoms in total. The van der Waals surface area contributed by atoms with E-state index in [0.717, 1.165) is 24.1 Å². The van der Waals surface area contributed by atoms with Gasteiger partial charge in [-0.1, -0.05) is 19.9 Å². The maximum Gasteiger partial charge on any atom is 0.319 e. The van der Waals surface area contributed by atoms with Gasteiger partial charge in [-0.3, -0.25) is 0 Å². The Morgan fingerprint density at radius 2 is 2.10 bits per heavy atom. The zero-order valence-corrected chi connectivity index (χ0v) is 12.7. The molecule has 0 atom stereocenters. The molecule has 0 radical (unpaired) electrons. The molecule has 0 unspecified atom stereocenters. The number of nitrogens with one attached hydrogen (secondary N) is 2. The number of hydrogen-bond donors (Lipinski definition) is 3. The lowest BCUT2D eigenvalue weighted by Gasteiger charge is -2.21.